The molecule has 1 aliphatic rings. The van der Waals surface area contributed by atoms with Crippen molar-refractivity contribution in [3.05, 3.63) is 54.1 Å². The minimum Gasteiger partial charge on any atom is -0.423 e. The molecule has 1 heterocycles. The predicted molar refractivity (Wildman–Crippen MR) is 86.8 cm³/mol. The molecule has 3 rings (SSSR count). The summed E-state index contributed by atoms with van der Waals surface area (Å²) >= 11 is 0. The van der Waals surface area contributed by atoms with Crippen LogP contribution in [-0.2, 0) is 0 Å². The number of likely N-dealkylation sites (tertiary alicyclic amines) is 1. The van der Waals surface area contributed by atoms with E-state index in [9.17, 15) is 14.8 Å². The minimum absolute atomic E-state index is 0.0690. The maximum Gasteiger partial charge on any atom is 0.489 e. The molecule has 0 saturated carbocycles. The van der Waals surface area contributed by atoms with Gasteiger partial charge in [0.05, 0.1) is 0 Å². The minimum atomic E-state index is -1.51. The van der Waals surface area contributed by atoms with Crippen molar-refractivity contribution in [3.8, 4) is 11.1 Å². The van der Waals surface area contributed by atoms with Crippen LogP contribution in [0.1, 0.15) is 23.2 Å². The Bertz CT molecular complexity index is 664. The molecule has 0 bridgehead atoms. The Morgan fingerprint density at radius 3 is 2.23 bits per heavy atom. The molecule has 4 nitrogen and oxygen atoms in total. The van der Waals surface area contributed by atoms with Gasteiger partial charge in [0, 0.05) is 18.7 Å². The maximum absolute atomic E-state index is 12.3. The van der Waals surface area contributed by atoms with E-state index >= 15 is 0 Å². The van der Waals surface area contributed by atoms with Crippen molar-refractivity contribution in [1.82, 2.24) is 4.90 Å². The molecular formula is C17H18BNO3. The predicted octanol–water partition coefficient (Wildman–Crippen LogP) is 1.27. The monoisotopic (exact) mass is 295 g/mol. The molecule has 0 radical (unpaired) electrons. The summed E-state index contributed by atoms with van der Waals surface area (Å²) in [7, 11) is -1.51. The Balaban J connectivity index is 1.87. The van der Waals surface area contributed by atoms with Crippen LogP contribution in [0.3, 0.4) is 0 Å². The van der Waals surface area contributed by atoms with Crippen LogP contribution in [0.15, 0.2) is 48.5 Å². The molecule has 2 aromatic carbocycles. The van der Waals surface area contributed by atoms with Crippen LogP contribution in [0, 0.1) is 0 Å². The van der Waals surface area contributed by atoms with Gasteiger partial charge in [-0.05, 0) is 41.6 Å². The van der Waals surface area contributed by atoms with Crippen LogP contribution in [0.2, 0.25) is 0 Å². The summed E-state index contributed by atoms with van der Waals surface area (Å²) in [5.74, 6) is 0.0690. The third kappa shape index (κ3) is 2.91. The first-order chi connectivity index (χ1) is 10.7. The second-order valence-corrected chi connectivity index (χ2v) is 5.54. The zero-order valence-electron chi connectivity index (χ0n) is 12.3. The number of carbonyl (C=O) groups excluding carboxylic acids is 1. The Morgan fingerprint density at radius 2 is 1.59 bits per heavy atom. The van der Waals surface area contributed by atoms with Crippen LogP contribution >= 0.6 is 0 Å². The summed E-state index contributed by atoms with van der Waals surface area (Å²) in [6.45, 7) is 1.67. The fraction of sp³-hybridized carbons (Fsp3) is 0.235. The van der Waals surface area contributed by atoms with Crippen molar-refractivity contribution in [3.63, 3.8) is 0 Å². The van der Waals surface area contributed by atoms with Crippen LogP contribution in [-0.4, -0.2) is 41.1 Å². The van der Waals surface area contributed by atoms with Crippen molar-refractivity contribution < 1.29 is 14.8 Å². The third-order valence-electron chi connectivity index (χ3n) is 4.08. The first kappa shape index (κ1) is 14.8. The normalized spacial score (nSPS) is 14.2. The number of nitrogens with zero attached hydrogens (tertiary/aromatic N) is 1. The highest BCUT2D eigenvalue weighted by Crippen LogP contribution is 2.20. The molecule has 1 aliphatic heterocycles. The lowest BCUT2D eigenvalue weighted by molar-refractivity contribution is 0.0793. The van der Waals surface area contributed by atoms with E-state index < -0.39 is 7.12 Å². The number of rotatable bonds is 3. The van der Waals surface area contributed by atoms with Crippen molar-refractivity contribution in [2.24, 2.45) is 0 Å². The van der Waals surface area contributed by atoms with Gasteiger partial charge in [0.15, 0.2) is 0 Å². The van der Waals surface area contributed by atoms with Gasteiger partial charge in [0.25, 0.3) is 5.91 Å². The van der Waals surface area contributed by atoms with E-state index in [0.29, 0.717) is 11.0 Å². The summed E-state index contributed by atoms with van der Waals surface area (Å²) in [6, 6.07) is 14.4. The highest BCUT2D eigenvalue weighted by Gasteiger charge is 2.20. The first-order valence-corrected chi connectivity index (χ1v) is 7.51. The molecule has 112 valence electrons. The molecule has 0 atom stereocenters. The summed E-state index contributed by atoms with van der Waals surface area (Å²) in [5.41, 5.74) is 2.76. The molecule has 1 saturated heterocycles. The number of benzene rings is 2. The van der Waals surface area contributed by atoms with E-state index in [2.05, 4.69) is 0 Å². The lowest BCUT2D eigenvalue weighted by Crippen LogP contribution is -2.31. The van der Waals surface area contributed by atoms with Gasteiger partial charge in [-0.25, -0.2) is 0 Å². The summed E-state index contributed by atoms with van der Waals surface area (Å²) in [4.78, 5) is 14.2. The van der Waals surface area contributed by atoms with Crippen molar-refractivity contribution >= 4 is 18.5 Å². The number of carbonyl (C=O) groups is 1. The molecule has 1 amide bonds. The average molecular weight is 295 g/mol. The third-order valence-corrected chi connectivity index (χ3v) is 4.08. The molecule has 0 aromatic heterocycles. The Hall–Kier alpha value is -2.11. The fourth-order valence-electron chi connectivity index (χ4n) is 2.88. The highest BCUT2D eigenvalue weighted by atomic mass is 16.4. The standard InChI is InChI=1S/C17H18BNO3/c20-17(19-11-3-4-12-19)14-9-7-13(8-10-14)15-5-1-2-6-16(15)18(21)22/h1-2,5-10,21-22H,3-4,11-12H2. The van der Waals surface area contributed by atoms with Gasteiger partial charge >= 0.3 is 7.12 Å². The van der Waals surface area contributed by atoms with Crippen LogP contribution in [0.25, 0.3) is 11.1 Å². The fourth-order valence-corrected chi connectivity index (χ4v) is 2.88. The SMILES string of the molecule is O=C(c1ccc(-c2ccccc2B(O)O)cc1)N1CCCC1. The van der Waals surface area contributed by atoms with Crippen molar-refractivity contribution in [2.45, 2.75) is 12.8 Å². The molecule has 0 aliphatic carbocycles. The molecule has 22 heavy (non-hydrogen) atoms. The Kier molecular flexibility index (Phi) is 4.27. The zero-order chi connectivity index (χ0) is 15.5. The van der Waals surface area contributed by atoms with Crippen LogP contribution < -0.4 is 5.46 Å². The quantitative estimate of drug-likeness (QED) is 0.838. The molecule has 1 fully saturated rings. The van der Waals surface area contributed by atoms with Gasteiger partial charge < -0.3 is 14.9 Å². The van der Waals surface area contributed by atoms with E-state index in [1.54, 1.807) is 24.3 Å². The van der Waals surface area contributed by atoms with E-state index in [1.807, 2.05) is 29.2 Å². The van der Waals surface area contributed by atoms with Gasteiger partial charge in [-0.1, -0.05) is 36.4 Å². The first-order valence-electron chi connectivity index (χ1n) is 7.51. The number of hydrogen-bond acceptors (Lipinski definition) is 3. The summed E-state index contributed by atoms with van der Waals surface area (Å²) < 4.78 is 0. The van der Waals surface area contributed by atoms with Gasteiger partial charge in [-0.3, -0.25) is 4.79 Å². The Labute approximate surface area is 130 Å². The average Bonchev–Trinajstić information content (AvgIpc) is 3.09. The van der Waals surface area contributed by atoms with E-state index in [1.165, 1.54) is 0 Å². The molecular weight excluding hydrogens is 277 g/mol. The maximum atomic E-state index is 12.3. The molecule has 5 heteroatoms. The van der Waals surface area contributed by atoms with Gasteiger partial charge in [0.1, 0.15) is 0 Å². The van der Waals surface area contributed by atoms with Crippen LogP contribution in [0.4, 0.5) is 0 Å². The second kappa shape index (κ2) is 6.34. The van der Waals surface area contributed by atoms with Crippen molar-refractivity contribution in [1.29, 1.82) is 0 Å². The smallest absolute Gasteiger partial charge is 0.423 e. The molecule has 0 spiro atoms. The Morgan fingerprint density at radius 1 is 0.955 bits per heavy atom. The van der Waals surface area contributed by atoms with Gasteiger partial charge in [0.2, 0.25) is 0 Å². The van der Waals surface area contributed by atoms with Gasteiger partial charge in [-0.2, -0.15) is 0 Å². The molecule has 2 aromatic rings. The van der Waals surface area contributed by atoms with E-state index in [0.717, 1.165) is 37.1 Å². The summed E-state index contributed by atoms with van der Waals surface area (Å²) in [5, 5.41) is 18.9. The van der Waals surface area contributed by atoms with Gasteiger partial charge in [-0.15, -0.1) is 0 Å². The number of amides is 1. The second-order valence-electron chi connectivity index (χ2n) is 5.54. The van der Waals surface area contributed by atoms with Crippen LogP contribution in [0.5, 0.6) is 0 Å². The highest BCUT2D eigenvalue weighted by molar-refractivity contribution is 6.60. The summed E-state index contributed by atoms with van der Waals surface area (Å²) in [6.07, 6.45) is 2.15. The van der Waals surface area contributed by atoms with Crippen molar-refractivity contribution in [2.75, 3.05) is 13.1 Å². The largest absolute Gasteiger partial charge is 0.489 e. The lowest BCUT2D eigenvalue weighted by atomic mass is 9.75. The number of hydrogen-bond donors (Lipinski definition) is 2. The van der Waals surface area contributed by atoms with E-state index in [4.69, 9.17) is 0 Å². The lowest BCUT2D eigenvalue weighted by Gasteiger charge is -2.15. The molecule has 2 N–H and O–H groups in total. The molecule has 0 unspecified atom stereocenters. The van der Waals surface area contributed by atoms with E-state index in [-0.39, 0.29) is 5.91 Å². The topological polar surface area (TPSA) is 60.8 Å². The zero-order valence-corrected chi connectivity index (χ0v) is 12.3.